The quantitative estimate of drug-likeness (QED) is 0.876. The normalized spacial score (nSPS) is 21.4. The molecule has 0 unspecified atom stereocenters. The predicted molar refractivity (Wildman–Crippen MR) is 98.7 cm³/mol. The molecular formula is C20H29N3O2. The molecule has 1 aromatic heterocycles. The van der Waals surface area contributed by atoms with Crippen molar-refractivity contribution in [3.8, 4) is 5.75 Å². The minimum atomic E-state index is -0.0826. The second kappa shape index (κ2) is 7.58. The molecule has 1 atom stereocenters. The maximum Gasteiger partial charge on any atom is 0.119 e. The number of aromatic nitrogens is 2. The Bertz CT molecular complexity index is 713. The number of aryl methyl sites for hydroxylation is 2. The van der Waals surface area contributed by atoms with Gasteiger partial charge in [-0.2, -0.15) is 5.10 Å². The van der Waals surface area contributed by atoms with Crippen LogP contribution in [0.5, 0.6) is 5.75 Å². The van der Waals surface area contributed by atoms with E-state index in [0.717, 1.165) is 50.3 Å². The van der Waals surface area contributed by atoms with Crippen molar-refractivity contribution in [2.75, 3.05) is 26.8 Å². The SMILES string of the molecule is COc1cccc(C[C@@]2(CO)CCCN(Cc3cn(C)nc3C)C2)c1. The van der Waals surface area contributed by atoms with Gasteiger partial charge in [0.15, 0.2) is 0 Å². The number of likely N-dealkylation sites (tertiary alicyclic amines) is 1. The van der Waals surface area contributed by atoms with E-state index in [0.29, 0.717) is 0 Å². The van der Waals surface area contributed by atoms with Gasteiger partial charge in [0.2, 0.25) is 0 Å². The number of hydrogen-bond donors (Lipinski definition) is 1. The number of hydrogen-bond acceptors (Lipinski definition) is 4. The molecule has 2 heterocycles. The summed E-state index contributed by atoms with van der Waals surface area (Å²) in [5, 5.41) is 14.6. The third kappa shape index (κ3) is 4.22. The van der Waals surface area contributed by atoms with E-state index in [1.54, 1.807) is 7.11 Å². The summed E-state index contributed by atoms with van der Waals surface area (Å²) in [6.45, 7) is 5.17. The number of aliphatic hydroxyl groups is 1. The molecule has 1 N–H and O–H groups in total. The fourth-order valence-electron chi connectivity index (χ4n) is 4.03. The van der Waals surface area contributed by atoms with Gasteiger partial charge in [-0.05, 0) is 50.4 Å². The number of nitrogens with zero attached hydrogens (tertiary/aromatic N) is 3. The summed E-state index contributed by atoms with van der Waals surface area (Å²) in [4.78, 5) is 2.46. The van der Waals surface area contributed by atoms with Crippen LogP contribution in [0.3, 0.4) is 0 Å². The van der Waals surface area contributed by atoms with E-state index in [1.165, 1.54) is 11.1 Å². The van der Waals surface area contributed by atoms with Crippen molar-refractivity contribution in [1.29, 1.82) is 0 Å². The van der Waals surface area contributed by atoms with Gasteiger partial charge in [0.25, 0.3) is 0 Å². The van der Waals surface area contributed by atoms with E-state index in [4.69, 9.17) is 4.74 Å². The lowest BCUT2D eigenvalue weighted by Crippen LogP contribution is -2.46. The molecule has 1 aromatic carbocycles. The van der Waals surface area contributed by atoms with Crippen LogP contribution in [-0.4, -0.2) is 46.6 Å². The molecule has 3 rings (SSSR count). The van der Waals surface area contributed by atoms with E-state index in [2.05, 4.69) is 35.3 Å². The van der Waals surface area contributed by atoms with E-state index < -0.39 is 0 Å². The minimum Gasteiger partial charge on any atom is -0.497 e. The first-order chi connectivity index (χ1) is 12.0. The summed E-state index contributed by atoms with van der Waals surface area (Å²) in [6, 6.07) is 8.21. The smallest absolute Gasteiger partial charge is 0.119 e. The average molecular weight is 343 g/mol. The molecule has 5 nitrogen and oxygen atoms in total. The van der Waals surface area contributed by atoms with Gasteiger partial charge in [-0.3, -0.25) is 9.58 Å². The largest absolute Gasteiger partial charge is 0.497 e. The summed E-state index contributed by atoms with van der Waals surface area (Å²) in [6.07, 6.45) is 5.16. The lowest BCUT2D eigenvalue weighted by Gasteiger charge is -2.42. The molecule has 136 valence electrons. The Morgan fingerprint density at radius 2 is 2.20 bits per heavy atom. The molecular weight excluding hydrogens is 314 g/mol. The molecule has 1 aliphatic rings. The van der Waals surface area contributed by atoms with E-state index in [9.17, 15) is 5.11 Å². The highest BCUT2D eigenvalue weighted by molar-refractivity contribution is 5.29. The van der Waals surface area contributed by atoms with Gasteiger partial charge < -0.3 is 9.84 Å². The van der Waals surface area contributed by atoms with Crippen LogP contribution < -0.4 is 4.74 Å². The molecule has 1 aliphatic heterocycles. The fraction of sp³-hybridized carbons (Fsp3) is 0.550. The van der Waals surface area contributed by atoms with Crippen LogP contribution in [0, 0.1) is 12.3 Å². The number of piperidine rings is 1. The summed E-state index contributed by atoms with van der Waals surface area (Å²) in [7, 11) is 3.66. The van der Waals surface area contributed by atoms with Gasteiger partial charge in [-0.25, -0.2) is 0 Å². The maximum atomic E-state index is 10.2. The van der Waals surface area contributed by atoms with Crippen LogP contribution in [0.4, 0.5) is 0 Å². The maximum absolute atomic E-state index is 10.2. The Kier molecular flexibility index (Phi) is 5.45. The van der Waals surface area contributed by atoms with Crippen molar-refractivity contribution in [1.82, 2.24) is 14.7 Å². The van der Waals surface area contributed by atoms with Gasteiger partial charge in [0.1, 0.15) is 5.75 Å². The molecule has 1 saturated heterocycles. The van der Waals surface area contributed by atoms with Crippen LogP contribution in [-0.2, 0) is 20.0 Å². The zero-order chi connectivity index (χ0) is 17.9. The molecule has 5 heteroatoms. The second-order valence-corrected chi connectivity index (χ2v) is 7.41. The fourth-order valence-corrected chi connectivity index (χ4v) is 4.03. The van der Waals surface area contributed by atoms with Crippen LogP contribution in [0.1, 0.15) is 29.7 Å². The number of rotatable bonds is 6. The van der Waals surface area contributed by atoms with Crippen LogP contribution in [0.15, 0.2) is 30.5 Å². The zero-order valence-corrected chi connectivity index (χ0v) is 15.5. The third-order valence-electron chi connectivity index (χ3n) is 5.30. The first kappa shape index (κ1) is 18.0. The Morgan fingerprint density at radius 3 is 2.88 bits per heavy atom. The standard InChI is InChI=1S/C20H29N3O2/c1-16-18(12-22(2)21-16)13-23-9-5-8-20(14-23,15-24)11-17-6-4-7-19(10-17)25-3/h4,6-7,10,12,24H,5,8-9,11,13-15H2,1-3H3/t20-/m0/s1. The second-order valence-electron chi connectivity index (χ2n) is 7.41. The zero-order valence-electron chi connectivity index (χ0n) is 15.5. The summed E-state index contributed by atoms with van der Waals surface area (Å²) in [5.41, 5.74) is 3.52. The highest BCUT2D eigenvalue weighted by Crippen LogP contribution is 2.34. The molecule has 0 spiro atoms. The third-order valence-corrected chi connectivity index (χ3v) is 5.30. The lowest BCUT2D eigenvalue weighted by atomic mass is 9.75. The van der Waals surface area contributed by atoms with E-state index in [1.807, 2.05) is 23.9 Å². The number of ether oxygens (including phenoxy) is 1. The van der Waals surface area contributed by atoms with Gasteiger partial charge in [0.05, 0.1) is 19.4 Å². The Morgan fingerprint density at radius 1 is 1.36 bits per heavy atom. The molecule has 0 amide bonds. The highest BCUT2D eigenvalue weighted by atomic mass is 16.5. The minimum absolute atomic E-state index is 0.0826. The average Bonchev–Trinajstić information content (AvgIpc) is 2.92. The first-order valence-electron chi connectivity index (χ1n) is 8.99. The van der Waals surface area contributed by atoms with Crippen molar-refractivity contribution < 1.29 is 9.84 Å². The predicted octanol–water partition coefficient (Wildman–Crippen LogP) is 2.55. The van der Waals surface area contributed by atoms with E-state index >= 15 is 0 Å². The molecule has 1 fully saturated rings. The van der Waals surface area contributed by atoms with Crippen molar-refractivity contribution >= 4 is 0 Å². The van der Waals surface area contributed by atoms with Gasteiger partial charge in [0, 0.05) is 37.3 Å². The summed E-state index contributed by atoms with van der Waals surface area (Å²) in [5.74, 6) is 0.879. The van der Waals surface area contributed by atoms with Crippen LogP contribution in [0.2, 0.25) is 0 Å². The van der Waals surface area contributed by atoms with Crippen molar-refractivity contribution in [3.05, 3.63) is 47.3 Å². The van der Waals surface area contributed by atoms with Crippen molar-refractivity contribution in [2.24, 2.45) is 12.5 Å². The molecule has 0 saturated carbocycles. The molecule has 0 bridgehead atoms. The monoisotopic (exact) mass is 343 g/mol. The number of methoxy groups -OCH3 is 1. The van der Waals surface area contributed by atoms with Gasteiger partial charge in [-0.1, -0.05) is 12.1 Å². The van der Waals surface area contributed by atoms with Crippen molar-refractivity contribution in [2.45, 2.75) is 32.7 Å². The van der Waals surface area contributed by atoms with Gasteiger partial charge >= 0.3 is 0 Å². The molecule has 0 radical (unpaired) electrons. The summed E-state index contributed by atoms with van der Waals surface area (Å²) >= 11 is 0. The Hall–Kier alpha value is -1.85. The van der Waals surface area contributed by atoms with Crippen LogP contribution in [0.25, 0.3) is 0 Å². The molecule has 25 heavy (non-hydrogen) atoms. The number of benzene rings is 1. The molecule has 0 aliphatic carbocycles. The summed E-state index contributed by atoms with van der Waals surface area (Å²) < 4.78 is 7.22. The van der Waals surface area contributed by atoms with E-state index in [-0.39, 0.29) is 12.0 Å². The highest BCUT2D eigenvalue weighted by Gasteiger charge is 2.35. The molecule has 2 aromatic rings. The topological polar surface area (TPSA) is 50.5 Å². The van der Waals surface area contributed by atoms with Gasteiger partial charge in [-0.15, -0.1) is 0 Å². The van der Waals surface area contributed by atoms with Crippen LogP contribution >= 0.6 is 0 Å². The number of aliphatic hydroxyl groups excluding tert-OH is 1. The first-order valence-corrected chi connectivity index (χ1v) is 8.99. The lowest BCUT2D eigenvalue weighted by molar-refractivity contribution is 0.0287. The van der Waals surface area contributed by atoms with Crippen molar-refractivity contribution in [3.63, 3.8) is 0 Å². The Balaban J connectivity index is 1.73. The Labute approximate surface area is 150 Å².